The summed E-state index contributed by atoms with van der Waals surface area (Å²) in [6.07, 6.45) is 6.40. The lowest BCUT2D eigenvalue weighted by molar-refractivity contribution is 0.0511. The van der Waals surface area contributed by atoms with E-state index in [2.05, 4.69) is 15.6 Å². The first-order chi connectivity index (χ1) is 10.7. The zero-order chi connectivity index (χ0) is 15.4. The van der Waals surface area contributed by atoms with Gasteiger partial charge in [-0.25, -0.2) is 0 Å². The van der Waals surface area contributed by atoms with Crippen LogP contribution in [0.2, 0.25) is 0 Å². The molecule has 0 atom stereocenters. The number of ether oxygens (including phenoxy) is 1. The summed E-state index contributed by atoms with van der Waals surface area (Å²) in [7, 11) is 1.73. The fourth-order valence-corrected chi connectivity index (χ4v) is 3.19. The number of pyridine rings is 1. The van der Waals surface area contributed by atoms with E-state index >= 15 is 0 Å². The topological polar surface area (TPSA) is 63.2 Å². The number of nitrogens with zero attached hydrogens (tertiary/aromatic N) is 1. The highest BCUT2D eigenvalue weighted by atomic mass is 35.5. The van der Waals surface area contributed by atoms with Crippen LogP contribution in [0.15, 0.2) is 18.3 Å². The highest BCUT2D eigenvalue weighted by Gasteiger charge is 2.32. The van der Waals surface area contributed by atoms with E-state index in [4.69, 9.17) is 4.74 Å². The molecule has 2 aliphatic rings. The zero-order valence-electron chi connectivity index (χ0n) is 14.0. The summed E-state index contributed by atoms with van der Waals surface area (Å²) in [5.41, 5.74) is 1.81. The van der Waals surface area contributed by atoms with Crippen molar-refractivity contribution in [1.82, 2.24) is 15.6 Å². The van der Waals surface area contributed by atoms with Gasteiger partial charge in [0.25, 0.3) is 5.91 Å². The number of aromatic nitrogens is 1. The molecule has 1 amide bonds. The van der Waals surface area contributed by atoms with Gasteiger partial charge in [0.15, 0.2) is 0 Å². The lowest BCUT2D eigenvalue weighted by Gasteiger charge is -2.37. The van der Waals surface area contributed by atoms with Crippen molar-refractivity contribution in [2.75, 3.05) is 33.4 Å². The number of halogens is 2. The molecular formula is C17H27Cl2N3O2. The van der Waals surface area contributed by atoms with Gasteiger partial charge in [-0.2, -0.15) is 0 Å². The summed E-state index contributed by atoms with van der Waals surface area (Å²) < 4.78 is 5.38. The van der Waals surface area contributed by atoms with Crippen LogP contribution in [0.1, 0.15) is 47.7 Å². The van der Waals surface area contributed by atoms with Crippen LogP contribution in [0.4, 0.5) is 0 Å². The minimum Gasteiger partial charge on any atom is -0.384 e. The third kappa shape index (κ3) is 5.31. The maximum Gasteiger partial charge on any atom is 0.269 e. The summed E-state index contributed by atoms with van der Waals surface area (Å²) in [5, 5.41) is 6.41. The van der Waals surface area contributed by atoms with Gasteiger partial charge in [-0.15, -0.1) is 24.8 Å². The molecule has 3 rings (SSSR count). The molecule has 136 valence electrons. The Morgan fingerprint density at radius 2 is 2.04 bits per heavy atom. The van der Waals surface area contributed by atoms with E-state index in [1.54, 1.807) is 7.11 Å². The first-order valence-electron chi connectivity index (χ1n) is 8.16. The van der Waals surface area contributed by atoms with Crippen molar-refractivity contribution in [3.8, 4) is 0 Å². The Balaban J connectivity index is 0.00000144. The summed E-state index contributed by atoms with van der Waals surface area (Å²) in [6.45, 7) is 3.29. The maximum absolute atomic E-state index is 12.3. The van der Waals surface area contributed by atoms with Crippen LogP contribution < -0.4 is 10.6 Å². The molecule has 0 aromatic carbocycles. The number of rotatable bonds is 6. The van der Waals surface area contributed by atoms with Gasteiger partial charge in [0, 0.05) is 25.3 Å². The fourth-order valence-electron chi connectivity index (χ4n) is 3.19. The van der Waals surface area contributed by atoms with Crippen molar-refractivity contribution < 1.29 is 9.53 Å². The summed E-state index contributed by atoms with van der Waals surface area (Å²) >= 11 is 0. The number of hydrogen-bond acceptors (Lipinski definition) is 4. The molecule has 1 aromatic rings. The number of hydrogen-bond donors (Lipinski definition) is 2. The highest BCUT2D eigenvalue weighted by molar-refractivity contribution is 5.92. The summed E-state index contributed by atoms with van der Waals surface area (Å²) in [5.74, 6) is 0.584. The molecule has 0 spiro atoms. The Hall–Kier alpha value is -0.880. The van der Waals surface area contributed by atoms with Gasteiger partial charge in [0.2, 0.25) is 0 Å². The number of amides is 1. The van der Waals surface area contributed by atoms with E-state index in [9.17, 15) is 4.79 Å². The Bertz CT molecular complexity index is 510. The van der Waals surface area contributed by atoms with E-state index in [-0.39, 0.29) is 36.1 Å². The number of carbonyl (C=O) groups is 1. The SMILES string of the molecule is COCC1(CNC(=O)c2ccc(C3CC3)cn2)CCNCC1.Cl.Cl. The second-order valence-electron chi connectivity index (χ2n) is 6.62. The van der Waals surface area contributed by atoms with E-state index in [0.717, 1.165) is 25.9 Å². The lowest BCUT2D eigenvalue weighted by Crippen LogP contribution is -2.47. The molecule has 0 unspecified atom stereocenters. The van der Waals surface area contributed by atoms with Crippen LogP contribution in [0, 0.1) is 5.41 Å². The van der Waals surface area contributed by atoms with Gasteiger partial charge in [0.05, 0.1) is 6.61 Å². The fraction of sp³-hybridized carbons (Fsp3) is 0.647. The van der Waals surface area contributed by atoms with Gasteiger partial charge in [-0.05, 0) is 56.3 Å². The highest BCUT2D eigenvalue weighted by Crippen LogP contribution is 2.39. The van der Waals surface area contributed by atoms with Crippen molar-refractivity contribution in [1.29, 1.82) is 0 Å². The molecule has 2 heterocycles. The van der Waals surface area contributed by atoms with Crippen LogP contribution in [0.25, 0.3) is 0 Å². The molecule has 5 nitrogen and oxygen atoms in total. The Kier molecular flexibility index (Phi) is 8.43. The van der Waals surface area contributed by atoms with E-state index in [1.807, 2.05) is 18.3 Å². The zero-order valence-corrected chi connectivity index (χ0v) is 15.7. The average Bonchev–Trinajstić information content (AvgIpc) is 3.39. The normalized spacial score (nSPS) is 18.9. The largest absolute Gasteiger partial charge is 0.384 e. The van der Waals surface area contributed by atoms with Gasteiger partial charge in [0.1, 0.15) is 5.69 Å². The quantitative estimate of drug-likeness (QED) is 0.801. The molecule has 1 aromatic heterocycles. The molecule has 2 N–H and O–H groups in total. The van der Waals surface area contributed by atoms with Crippen LogP contribution in [-0.4, -0.2) is 44.2 Å². The smallest absolute Gasteiger partial charge is 0.269 e. The standard InChI is InChI=1S/C17H25N3O2.2ClH/c1-22-12-17(6-8-18-9-7-17)11-20-16(21)15-5-4-14(10-19-15)13-2-3-13;;/h4-5,10,13,18H,2-3,6-9,11-12H2,1H3,(H,20,21);2*1H. The van der Waals surface area contributed by atoms with Gasteiger partial charge >= 0.3 is 0 Å². The Labute approximate surface area is 156 Å². The monoisotopic (exact) mass is 375 g/mol. The molecule has 0 radical (unpaired) electrons. The van der Waals surface area contributed by atoms with Crippen molar-refractivity contribution in [3.63, 3.8) is 0 Å². The Morgan fingerprint density at radius 1 is 1.33 bits per heavy atom. The van der Waals surface area contributed by atoms with Crippen molar-refractivity contribution in [2.24, 2.45) is 5.41 Å². The number of nitrogens with one attached hydrogen (secondary N) is 2. The third-order valence-electron chi connectivity index (χ3n) is 4.81. The number of carbonyl (C=O) groups excluding carboxylic acids is 1. The van der Waals surface area contributed by atoms with E-state index in [0.29, 0.717) is 24.8 Å². The van der Waals surface area contributed by atoms with Crippen LogP contribution in [0.3, 0.4) is 0 Å². The molecule has 24 heavy (non-hydrogen) atoms. The van der Waals surface area contributed by atoms with Gasteiger partial charge in [-0.1, -0.05) is 6.07 Å². The van der Waals surface area contributed by atoms with E-state index < -0.39 is 0 Å². The van der Waals surface area contributed by atoms with Crippen LogP contribution in [-0.2, 0) is 4.74 Å². The third-order valence-corrected chi connectivity index (χ3v) is 4.81. The van der Waals surface area contributed by atoms with Gasteiger partial charge < -0.3 is 15.4 Å². The van der Waals surface area contributed by atoms with Crippen molar-refractivity contribution >= 4 is 30.7 Å². The molecule has 1 aliphatic heterocycles. The Morgan fingerprint density at radius 3 is 2.58 bits per heavy atom. The predicted octanol–water partition coefficient (Wildman–Crippen LogP) is 2.55. The summed E-state index contributed by atoms with van der Waals surface area (Å²) in [6, 6.07) is 3.88. The number of methoxy groups -OCH3 is 1. The molecule has 2 fully saturated rings. The maximum atomic E-state index is 12.3. The van der Waals surface area contributed by atoms with Crippen LogP contribution >= 0.6 is 24.8 Å². The molecule has 1 saturated carbocycles. The van der Waals surface area contributed by atoms with Crippen molar-refractivity contribution in [3.05, 3.63) is 29.6 Å². The first-order valence-corrected chi connectivity index (χ1v) is 8.16. The first kappa shape index (κ1) is 21.2. The van der Waals surface area contributed by atoms with E-state index in [1.165, 1.54) is 18.4 Å². The molecular weight excluding hydrogens is 349 g/mol. The average molecular weight is 376 g/mol. The summed E-state index contributed by atoms with van der Waals surface area (Å²) in [4.78, 5) is 16.6. The van der Waals surface area contributed by atoms with Crippen LogP contribution in [0.5, 0.6) is 0 Å². The van der Waals surface area contributed by atoms with Gasteiger partial charge in [-0.3, -0.25) is 9.78 Å². The molecule has 1 saturated heterocycles. The minimum atomic E-state index is -0.0867. The molecule has 1 aliphatic carbocycles. The lowest BCUT2D eigenvalue weighted by atomic mass is 9.79. The second kappa shape index (κ2) is 9.56. The number of piperidine rings is 1. The predicted molar refractivity (Wildman–Crippen MR) is 99.5 cm³/mol. The van der Waals surface area contributed by atoms with Crippen molar-refractivity contribution in [2.45, 2.75) is 31.6 Å². The second-order valence-corrected chi connectivity index (χ2v) is 6.62. The molecule has 7 heteroatoms. The molecule has 0 bridgehead atoms. The minimum absolute atomic E-state index is 0.